The lowest BCUT2D eigenvalue weighted by Gasteiger charge is -2.03. The van der Waals surface area contributed by atoms with Crippen LogP contribution in [-0.2, 0) is 4.79 Å². The van der Waals surface area contributed by atoms with E-state index in [4.69, 9.17) is 10.5 Å². The normalized spacial score (nSPS) is 11.8. The van der Waals surface area contributed by atoms with Gasteiger partial charge in [0.2, 0.25) is 4.96 Å². The maximum absolute atomic E-state index is 12.6. The molecular formula is C19H14N4O3S. The van der Waals surface area contributed by atoms with E-state index in [2.05, 4.69) is 10.1 Å². The van der Waals surface area contributed by atoms with E-state index in [1.165, 1.54) is 15.9 Å². The van der Waals surface area contributed by atoms with Crippen molar-refractivity contribution in [2.24, 2.45) is 5.73 Å². The minimum atomic E-state index is -0.536. The molecule has 0 aliphatic rings. The van der Waals surface area contributed by atoms with Gasteiger partial charge in [0.05, 0.1) is 4.53 Å². The van der Waals surface area contributed by atoms with Crippen molar-refractivity contribution in [2.75, 3.05) is 6.61 Å². The molecule has 0 bridgehead atoms. The first-order valence-electron chi connectivity index (χ1n) is 8.08. The van der Waals surface area contributed by atoms with E-state index < -0.39 is 5.91 Å². The van der Waals surface area contributed by atoms with E-state index in [9.17, 15) is 9.59 Å². The van der Waals surface area contributed by atoms with Gasteiger partial charge in [0.1, 0.15) is 5.75 Å². The number of ether oxygens (including phenoxy) is 1. The molecule has 0 unspecified atom stereocenters. The molecule has 0 aliphatic heterocycles. The molecule has 0 radical (unpaired) electrons. The Morgan fingerprint density at radius 1 is 1.15 bits per heavy atom. The third-order valence-corrected chi connectivity index (χ3v) is 4.73. The molecule has 7 nitrogen and oxygen atoms in total. The van der Waals surface area contributed by atoms with Gasteiger partial charge in [-0.05, 0) is 23.8 Å². The number of amides is 1. The molecule has 0 saturated heterocycles. The van der Waals surface area contributed by atoms with Crippen molar-refractivity contribution in [3.63, 3.8) is 0 Å². The first kappa shape index (κ1) is 16.9. The van der Waals surface area contributed by atoms with Crippen LogP contribution in [0.1, 0.15) is 5.56 Å². The monoisotopic (exact) mass is 378 g/mol. The van der Waals surface area contributed by atoms with E-state index in [-0.39, 0.29) is 12.2 Å². The average molecular weight is 378 g/mol. The number of hydrogen-bond donors (Lipinski definition) is 1. The van der Waals surface area contributed by atoms with Gasteiger partial charge in [-0.3, -0.25) is 9.59 Å². The number of nitrogens with two attached hydrogens (primary N) is 1. The highest BCUT2D eigenvalue weighted by atomic mass is 32.1. The summed E-state index contributed by atoms with van der Waals surface area (Å²) in [5.74, 6) is 0.524. The molecule has 134 valence electrons. The summed E-state index contributed by atoms with van der Waals surface area (Å²) in [7, 11) is 0. The van der Waals surface area contributed by atoms with Crippen LogP contribution in [0.2, 0.25) is 0 Å². The first-order valence-corrected chi connectivity index (χ1v) is 8.90. The number of thiazole rings is 1. The van der Waals surface area contributed by atoms with Crippen molar-refractivity contribution >= 4 is 28.3 Å². The molecule has 2 aromatic carbocycles. The van der Waals surface area contributed by atoms with Crippen LogP contribution < -0.4 is 20.6 Å². The van der Waals surface area contributed by atoms with Crippen LogP contribution in [0.3, 0.4) is 0 Å². The van der Waals surface area contributed by atoms with Gasteiger partial charge in [-0.15, -0.1) is 5.10 Å². The Balaban J connectivity index is 1.64. The van der Waals surface area contributed by atoms with Crippen LogP contribution in [0.5, 0.6) is 5.75 Å². The summed E-state index contributed by atoms with van der Waals surface area (Å²) < 4.78 is 7.08. The summed E-state index contributed by atoms with van der Waals surface area (Å²) in [6.45, 7) is -0.175. The minimum Gasteiger partial charge on any atom is -0.484 e. The average Bonchev–Trinajstić information content (AvgIpc) is 3.22. The Kier molecular flexibility index (Phi) is 4.39. The number of carbonyl (C=O) groups is 1. The van der Waals surface area contributed by atoms with Gasteiger partial charge < -0.3 is 10.5 Å². The fourth-order valence-corrected chi connectivity index (χ4v) is 3.42. The summed E-state index contributed by atoms with van der Waals surface area (Å²) in [6.07, 6.45) is 1.77. The van der Waals surface area contributed by atoms with Crippen LogP contribution in [0.25, 0.3) is 22.4 Å². The number of nitrogens with zero attached hydrogens (tertiary/aromatic N) is 3. The second kappa shape index (κ2) is 7.00. The lowest BCUT2D eigenvalue weighted by Crippen LogP contribution is -2.23. The van der Waals surface area contributed by atoms with Gasteiger partial charge >= 0.3 is 0 Å². The van der Waals surface area contributed by atoms with Crippen LogP contribution in [0.4, 0.5) is 0 Å². The summed E-state index contributed by atoms with van der Waals surface area (Å²) in [5.41, 5.74) is 6.53. The molecule has 2 heterocycles. The number of fused-ring (bicyclic) bond motifs is 1. The van der Waals surface area contributed by atoms with Crippen molar-refractivity contribution in [3.8, 4) is 17.1 Å². The van der Waals surface area contributed by atoms with E-state index in [0.29, 0.717) is 21.1 Å². The van der Waals surface area contributed by atoms with E-state index >= 15 is 0 Å². The van der Waals surface area contributed by atoms with Crippen LogP contribution >= 0.6 is 11.3 Å². The third kappa shape index (κ3) is 3.56. The molecule has 0 atom stereocenters. The number of aromatic nitrogens is 3. The van der Waals surface area contributed by atoms with Crippen molar-refractivity contribution in [1.29, 1.82) is 0 Å². The molecule has 0 spiro atoms. The van der Waals surface area contributed by atoms with Crippen molar-refractivity contribution < 1.29 is 9.53 Å². The standard InChI is InChI=1S/C19H14N4O3S/c20-16(24)11-26-14-8-6-12(7-9-14)10-15-18(25)23-19(27-15)21-17(22-23)13-4-2-1-3-5-13/h1-10H,11H2,(H2,20,24)/b15-10-. The van der Waals surface area contributed by atoms with Gasteiger partial charge in [0.15, 0.2) is 12.4 Å². The highest BCUT2D eigenvalue weighted by molar-refractivity contribution is 7.15. The molecule has 2 N–H and O–H groups in total. The molecule has 2 aromatic heterocycles. The molecular weight excluding hydrogens is 364 g/mol. The van der Waals surface area contributed by atoms with Crippen molar-refractivity contribution in [2.45, 2.75) is 0 Å². The molecule has 1 amide bonds. The van der Waals surface area contributed by atoms with E-state index in [0.717, 1.165) is 11.1 Å². The van der Waals surface area contributed by atoms with E-state index in [1.54, 1.807) is 30.3 Å². The predicted molar refractivity (Wildman–Crippen MR) is 102 cm³/mol. The summed E-state index contributed by atoms with van der Waals surface area (Å²) >= 11 is 1.28. The Bertz CT molecular complexity index is 1210. The molecule has 27 heavy (non-hydrogen) atoms. The summed E-state index contributed by atoms with van der Waals surface area (Å²) in [5, 5.41) is 4.32. The molecule has 4 aromatic rings. The predicted octanol–water partition coefficient (Wildman–Crippen LogP) is 1.23. The lowest BCUT2D eigenvalue weighted by molar-refractivity contribution is -0.119. The lowest BCUT2D eigenvalue weighted by atomic mass is 10.2. The van der Waals surface area contributed by atoms with Gasteiger partial charge in [0.25, 0.3) is 11.5 Å². The van der Waals surface area contributed by atoms with Crippen LogP contribution in [0, 0.1) is 0 Å². The fraction of sp³-hybridized carbons (Fsp3) is 0.0526. The Hall–Kier alpha value is -3.52. The molecule has 8 heteroatoms. The zero-order valence-electron chi connectivity index (χ0n) is 14.0. The Morgan fingerprint density at radius 3 is 2.56 bits per heavy atom. The fourth-order valence-electron chi connectivity index (χ4n) is 2.51. The summed E-state index contributed by atoms with van der Waals surface area (Å²) in [4.78, 5) is 28.3. The molecule has 0 fully saturated rings. The largest absolute Gasteiger partial charge is 0.484 e. The SMILES string of the molecule is NC(=O)COc1ccc(/C=c2\sc3nc(-c4ccccc4)nn3c2=O)cc1. The van der Waals surface area contributed by atoms with Gasteiger partial charge in [-0.25, -0.2) is 0 Å². The molecule has 4 rings (SSSR count). The quantitative estimate of drug-likeness (QED) is 0.563. The second-order valence-corrected chi connectivity index (χ2v) is 6.74. The van der Waals surface area contributed by atoms with Gasteiger partial charge in [-0.1, -0.05) is 53.8 Å². The van der Waals surface area contributed by atoms with Gasteiger partial charge in [-0.2, -0.15) is 9.50 Å². The number of rotatable bonds is 5. The number of benzene rings is 2. The zero-order valence-corrected chi connectivity index (χ0v) is 14.8. The van der Waals surface area contributed by atoms with Crippen LogP contribution in [0.15, 0.2) is 59.4 Å². The Labute approximate surface area is 157 Å². The highest BCUT2D eigenvalue weighted by Crippen LogP contribution is 2.16. The summed E-state index contributed by atoms with van der Waals surface area (Å²) in [6, 6.07) is 16.5. The number of primary amides is 1. The minimum absolute atomic E-state index is 0.175. The maximum atomic E-state index is 12.6. The van der Waals surface area contributed by atoms with Crippen molar-refractivity contribution in [1.82, 2.24) is 14.6 Å². The van der Waals surface area contributed by atoms with Crippen molar-refractivity contribution in [3.05, 3.63) is 75.0 Å². The molecule has 0 saturated carbocycles. The smallest absolute Gasteiger partial charge is 0.291 e. The second-order valence-electron chi connectivity index (χ2n) is 5.74. The van der Waals surface area contributed by atoms with Gasteiger partial charge in [0, 0.05) is 5.56 Å². The third-order valence-electron chi connectivity index (χ3n) is 3.77. The number of carbonyl (C=O) groups excluding carboxylic acids is 1. The van der Waals surface area contributed by atoms with Crippen LogP contribution in [-0.4, -0.2) is 27.1 Å². The first-order chi connectivity index (χ1) is 13.1. The Morgan fingerprint density at radius 2 is 1.89 bits per heavy atom. The topological polar surface area (TPSA) is 99.6 Å². The van der Waals surface area contributed by atoms with E-state index in [1.807, 2.05) is 30.3 Å². The highest BCUT2D eigenvalue weighted by Gasteiger charge is 2.11. The maximum Gasteiger partial charge on any atom is 0.291 e. The zero-order chi connectivity index (χ0) is 18.8. The molecule has 0 aliphatic carbocycles. The number of hydrogen-bond acceptors (Lipinski definition) is 6.